The summed E-state index contributed by atoms with van der Waals surface area (Å²) in [4.78, 5) is 22.8. The average molecular weight is 289 g/mol. The van der Waals surface area contributed by atoms with E-state index >= 15 is 0 Å². The Morgan fingerprint density at radius 1 is 1.43 bits per heavy atom. The Kier molecular flexibility index (Phi) is 4.11. The number of ether oxygens (including phenoxy) is 1. The van der Waals surface area contributed by atoms with Gasteiger partial charge in [-0.15, -0.1) is 0 Å². The summed E-state index contributed by atoms with van der Waals surface area (Å²) in [5.41, 5.74) is 6.88. The number of nitrogens with zero attached hydrogens (tertiary/aromatic N) is 2. The number of guanidine groups is 1. The van der Waals surface area contributed by atoms with E-state index in [-0.39, 0.29) is 12.5 Å². The number of para-hydroxylation sites is 2. The molecule has 0 unspecified atom stereocenters. The first-order chi connectivity index (χ1) is 9.83. The van der Waals surface area contributed by atoms with Crippen molar-refractivity contribution in [3.8, 4) is 0 Å². The lowest BCUT2D eigenvalue weighted by atomic mass is 10.2. The molecule has 7 nitrogen and oxygen atoms in total. The first kappa shape index (κ1) is 14.8. The summed E-state index contributed by atoms with van der Waals surface area (Å²) in [6.45, 7) is 5.25. The molecule has 0 aliphatic carbocycles. The zero-order chi connectivity index (χ0) is 15.5. The number of H-pyrrole nitrogens is 1. The number of rotatable bonds is 3. The molecule has 2 aromatic rings. The highest BCUT2D eigenvalue weighted by Crippen LogP contribution is 2.12. The maximum Gasteiger partial charge on any atom is 0.328 e. The molecule has 2 rings (SSSR count). The molecule has 0 amide bonds. The lowest BCUT2D eigenvalue weighted by molar-refractivity contribution is -0.152. The third-order valence-corrected chi connectivity index (χ3v) is 2.43. The van der Waals surface area contributed by atoms with Gasteiger partial charge in [-0.3, -0.25) is 10.1 Å². The Labute approximate surface area is 122 Å². The SMILES string of the molecule is CC(C)(C)OC(=O)CN=C(N)Nc1nc2ccccc2[nH]1. The van der Waals surface area contributed by atoms with Crippen LogP contribution < -0.4 is 11.1 Å². The van der Waals surface area contributed by atoms with Crippen molar-refractivity contribution in [1.82, 2.24) is 9.97 Å². The molecule has 0 saturated heterocycles. The largest absolute Gasteiger partial charge is 0.459 e. The second kappa shape index (κ2) is 5.82. The molecule has 1 heterocycles. The van der Waals surface area contributed by atoms with Gasteiger partial charge in [-0.05, 0) is 32.9 Å². The summed E-state index contributed by atoms with van der Waals surface area (Å²) in [5.74, 6) is 0.137. The Morgan fingerprint density at radius 2 is 2.14 bits per heavy atom. The molecule has 1 aromatic carbocycles. The summed E-state index contributed by atoms with van der Waals surface area (Å²) < 4.78 is 5.13. The molecule has 0 aliphatic heterocycles. The van der Waals surface area contributed by atoms with Crippen molar-refractivity contribution in [2.24, 2.45) is 10.7 Å². The molecule has 0 radical (unpaired) electrons. The summed E-state index contributed by atoms with van der Waals surface area (Å²) in [5, 5.41) is 2.80. The zero-order valence-corrected chi connectivity index (χ0v) is 12.3. The highest BCUT2D eigenvalue weighted by Gasteiger charge is 2.15. The number of aromatic nitrogens is 2. The fourth-order valence-electron chi connectivity index (χ4n) is 1.70. The van der Waals surface area contributed by atoms with E-state index in [1.165, 1.54) is 0 Å². The Morgan fingerprint density at radius 3 is 2.81 bits per heavy atom. The molecule has 4 N–H and O–H groups in total. The Bertz CT molecular complexity index is 636. The molecule has 7 heteroatoms. The van der Waals surface area contributed by atoms with Gasteiger partial charge < -0.3 is 15.5 Å². The van der Waals surface area contributed by atoms with Crippen LogP contribution in [0.25, 0.3) is 11.0 Å². The van der Waals surface area contributed by atoms with Crippen LogP contribution in [0.3, 0.4) is 0 Å². The van der Waals surface area contributed by atoms with Crippen LogP contribution in [0.5, 0.6) is 0 Å². The predicted octanol–water partition coefficient (Wildman–Crippen LogP) is 1.63. The quantitative estimate of drug-likeness (QED) is 0.452. The van der Waals surface area contributed by atoms with Crippen molar-refractivity contribution in [3.63, 3.8) is 0 Å². The number of carbonyl (C=O) groups excluding carboxylic acids is 1. The van der Waals surface area contributed by atoms with Gasteiger partial charge in [0.2, 0.25) is 5.95 Å². The normalized spacial score (nSPS) is 12.4. The van der Waals surface area contributed by atoms with Gasteiger partial charge in [0, 0.05) is 0 Å². The second-order valence-electron chi connectivity index (χ2n) is 5.52. The van der Waals surface area contributed by atoms with Crippen LogP contribution >= 0.6 is 0 Å². The molecular weight excluding hydrogens is 270 g/mol. The summed E-state index contributed by atoms with van der Waals surface area (Å²) in [7, 11) is 0. The number of benzene rings is 1. The number of aliphatic imine (C=N–C) groups is 1. The Balaban J connectivity index is 1.95. The number of fused-ring (bicyclic) bond motifs is 1. The van der Waals surface area contributed by atoms with Gasteiger partial charge in [-0.2, -0.15) is 0 Å². The number of carbonyl (C=O) groups is 1. The average Bonchev–Trinajstić information content (AvgIpc) is 2.76. The van der Waals surface area contributed by atoms with Crippen LogP contribution in [0.15, 0.2) is 29.3 Å². The summed E-state index contributed by atoms with van der Waals surface area (Å²) in [6.07, 6.45) is 0. The lowest BCUT2D eigenvalue weighted by Gasteiger charge is -2.18. The maximum atomic E-state index is 11.5. The smallest absolute Gasteiger partial charge is 0.328 e. The van der Waals surface area contributed by atoms with Gasteiger partial charge in [0.1, 0.15) is 12.1 Å². The number of hydrogen-bond acceptors (Lipinski definition) is 4. The van der Waals surface area contributed by atoms with E-state index < -0.39 is 11.6 Å². The van der Waals surface area contributed by atoms with Gasteiger partial charge in [0.05, 0.1) is 11.0 Å². The first-order valence-electron chi connectivity index (χ1n) is 6.57. The van der Waals surface area contributed by atoms with Crippen molar-refractivity contribution < 1.29 is 9.53 Å². The zero-order valence-electron chi connectivity index (χ0n) is 12.3. The standard InChI is InChI=1S/C14H19N5O2/c1-14(2,3)21-11(20)8-16-12(15)19-13-17-9-6-4-5-7-10(9)18-13/h4-7H,8H2,1-3H3,(H4,15,16,17,18,19). The van der Waals surface area contributed by atoms with Crippen LogP contribution in [0.1, 0.15) is 20.8 Å². The van der Waals surface area contributed by atoms with E-state index in [1.807, 2.05) is 24.3 Å². The van der Waals surface area contributed by atoms with Crippen LogP contribution in [0.4, 0.5) is 5.95 Å². The molecule has 0 bridgehead atoms. The molecule has 112 valence electrons. The van der Waals surface area contributed by atoms with Gasteiger partial charge in [0.25, 0.3) is 0 Å². The summed E-state index contributed by atoms with van der Waals surface area (Å²) >= 11 is 0. The van der Waals surface area contributed by atoms with Gasteiger partial charge in [-0.1, -0.05) is 12.1 Å². The molecule has 0 fully saturated rings. The Hall–Kier alpha value is -2.57. The van der Waals surface area contributed by atoms with Gasteiger partial charge in [-0.25, -0.2) is 9.98 Å². The van der Waals surface area contributed by atoms with E-state index in [9.17, 15) is 4.79 Å². The third kappa shape index (κ3) is 4.48. The number of nitrogens with one attached hydrogen (secondary N) is 2. The number of aromatic amines is 1. The molecule has 0 aliphatic rings. The topological polar surface area (TPSA) is 105 Å². The van der Waals surface area contributed by atoms with Crippen LogP contribution in [-0.2, 0) is 9.53 Å². The number of nitrogens with two attached hydrogens (primary N) is 1. The van der Waals surface area contributed by atoms with Crippen LogP contribution in [0, 0.1) is 0 Å². The molecule has 1 aromatic heterocycles. The van der Waals surface area contributed by atoms with Crippen molar-refractivity contribution in [3.05, 3.63) is 24.3 Å². The van der Waals surface area contributed by atoms with Crippen molar-refractivity contribution in [1.29, 1.82) is 0 Å². The molecule has 0 atom stereocenters. The van der Waals surface area contributed by atoms with E-state index in [2.05, 4.69) is 20.3 Å². The van der Waals surface area contributed by atoms with Crippen molar-refractivity contribution >= 4 is 28.9 Å². The minimum atomic E-state index is -0.534. The predicted molar refractivity (Wildman–Crippen MR) is 82.1 cm³/mol. The fraction of sp³-hybridized carbons (Fsp3) is 0.357. The number of anilines is 1. The fourth-order valence-corrected chi connectivity index (χ4v) is 1.70. The highest BCUT2D eigenvalue weighted by molar-refractivity contribution is 5.93. The van der Waals surface area contributed by atoms with Gasteiger partial charge >= 0.3 is 5.97 Å². The molecule has 0 saturated carbocycles. The third-order valence-electron chi connectivity index (χ3n) is 2.43. The van der Waals surface area contributed by atoms with Gasteiger partial charge in [0.15, 0.2) is 5.96 Å². The minimum absolute atomic E-state index is 0.0971. The molecular formula is C14H19N5O2. The minimum Gasteiger partial charge on any atom is -0.459 e. The van der Waals surface area contributed by atoms with Crippen molar-refractivity contribution in [2.45, 2.75) is 26.4 Å². The van der Waals surface area contributed by atoms with Crippen LogP contribution in [0.2, 0.25) is 0 Å². The summed E-state index contributed by atoms with van der Waals surface area (Å²) in [6, 6.07) is 7.59. The first-order valence-corrected chi connectivity index (χ1v) is 6.57. The van der Waals surface area contributed by atoms with E-state index in [1.54, 1.807) is 20.8 Å². The molecule has 0 spiro atoms. The highest BCUT2D eigenvalue weighted by atomic mass is 16.6. The van der Waals surface area contributed by atoms with Crippen molar-refractivity contribution in [2.75, 3.05) is 11.9 Å². The van der Waals surface area contributed by atoms with E-state index in [0.29, 0.717) is 5.95 Å². The maximum absolute atomic E-state index is 11.5. The number of esters is 1. The number of hydrogen-bond donors (Lipinski definition) is 3. The number of imidazole rings is 1. The molecule has 21 heavy (non-hydrogen) atoms. The second-order valence-corrected chi connectivity index (χ2v) is 5.52. The van der Waals surface area contributed by atoms with Crippen LogP contribution in [-0.4, -0.2) is 34.0 Å². The van der Waals surface area contributed by atoms with E-state index in [0.717, 1.165) is 11.0 Å². The monoisotopic (exact) mass is 289 g/mol. The lowest BCUT2D eigenvalue weighted by Crippen LogP contribution is -2.28. The van der Waals surface area contributed by atoms with E-state index in [4.69, 9.17) is 10.5 Å².